The molecule has 0 aliphatic rings. The molecule has 0 saturated carbocycles. The first-order chi connectivity index (χ1) is 9.10. The second-order valence-corrected chi connectivity index (χ2v) is 4.92. The first-order valence-corrected chi connectivity index (χ1v) is 6.43. The Morgan fingerprint density at radius 3 is 2.63 bits per heavy atom. The van der Waals surface area contributed by atoms with Crippen LogP contribution in [-0.4, -0.2) is 4.98 Å². The summed E-state index contributed by atoms with van der Waals surface area (Å²) in [6.07, 6.45) is 1.53. The molecule has 0 radical (unpaired) electrons. The number of anilines is 1. The maximum atomic E-state index is 8.71. The first kappa shape index (κ1) is 13.7. The van der Waals surface area contributed by atoms with Crippen LogP contribution in [0.4, 0.5) is 5.82 Å². The average Bonchev–Trinajstić information content (AvgIpc) is 2.39. The lowest BCUT2D eigenvalue weighted by Crippen LogP contribution is -2.08. The number of pyridine rings is 1. The van der Waals surface area contributed by atoms with Crippen molar-refractivity contribution in [3.63, 3.8) is 0 Å². The Kier molecular flexibility index (Phi) is 4.26. The highest BCUT2D eigenvalue weighted by atomic mass is 35.5. The predicted molar refractivity (Wildman–Crippen MR) is 77.5 cm³/mol. The molecule has 2 rings (SSSR count). The molecule has 0 fully saturated rings. The number of nitrogens with zero attached hydrogens (tertiary/aromatic N) is 2. The van der Waals surface area contributed by atoms with Gasteiger partial charge in [-0.1, -0.05) is 29.3 Å². The maximum absolute atomic E-state index is 8.71. The summed E-state index contributed by atoms with van der Waals surface area (Å²) < 4.78 is 0. The van der Waals surface area contributed by atoms with E-state index in [2.05, 4.69) is 10.3 Å². The fourth-order valence-electron chi connectivity index (χ4n) is 1.70. The Morgan fingerprint density at radius 1 is 1.26 bits per heavy atom. The van der Waals surface area contributed by atoms with Gasteiger partial charge in [0, 0.05) is 16.2 Å². The van der Waals surface area contributed by atoms with Crippen molar-refractivity contribution in [2.75, 3.05) is 5.32 Å². The van der Waals surface area contributed by atoms with E-state index in [9.17, 15) is 0 Å². The van der Waals surface area contributed by atoms with Crippen LogP contribution < -0.4 is 5.32 Å². The number of aromatic nitrogens is 1. The Bertz CT molecular complexity index is 618. The molecule has 5 heteroatoms. The van der Waals surface area contributed by atoms with Gasteiger partial charge in [0.05, 0.1) is 11.6 Å². The van der Waals surface area contributed by atoms with Gasteiger partial charge in [0.15, 0.2) is 0 Å². The van der Waals surface area contributed by atoms with Crippen LogP contribution in [0.5, 0.6) is 0 Å². The molecule has 1 N–H and O–H groups in total. The number of nitrogens with one attached hydrogen (secondary N) is 1. The van der Waals surface area contributed by atoms with Crippen LogP contribution in [0.2, 0.25) is 10.0 Å². The Hall–Kier alpha value is -1.76. The van der Waals surface area contributed by atoms with Crippen molar-refractivity contribution in [3.8, 4) is 6.07 Å². The third-order valence-electron chi connectivity index (χ3n) is 2.69. The van der Waals surface area contributed by atoms with Gasteiger partial charge in [-0.3, -0.25) is 0 Å². The Balaban J connectivity index is 2.16. The average molecular weight is 292 g/mol. The molecule has 0 saturated heterocycles. The van der Waals surface area contributed by atoms with Crippen molar-refractivity contribution in [3.05, 3.63) is 57.7 Å². The lowest BCUT2D eigenvalue weighted by Gasteiger charge is -2.16. The zero-order valence-electron chi connectivity index (χ0n) is 10.2. The van der Waals surface area contributed by atoms with Crippen molar-refractivity contribution in [1.82, 2.24) is 4.98 Å². The normalized spacial score (nSPS) is 11.7. The van der Waals surface area contributed by atoms with Crippen LogP contribution in [0.1, 0.15) is 24.1 Å². The van der Waals surface area contributed by atoms with Crippen molar-refractivity contribution in [2.45, 2.75) is 13.0 Å². The van der Waals surface area contributed by atoms with Crippen LogP contribution in [0, 0.1) is 11.3 Å². The summed E-state index contributed by atoms with van der Waals surface area (Å²) in [5.41, 5.74) is 1.47. The lowest BCUT2D eigenvalue weighted by atomic mass is 10.1. The van der Waals surface area contributed by atoms with E-state index < -0.39 is 0 Å². The van der Waals surface area contributed by atoms with Gasteiger partial charge in [-0.15, -0.1) is 0 Å². The number of nitriles is 1. The fourth-order valence-corrected chi connectivity index (χ4v) is 2.27. The van der Waals surface area contributed by atoms with Crippen molar-refractivity contribution in [2.24, 2.45) is 0 Å². The second-order valence-electron chi connectivity index (χ2n) is 4.08. The summed E-state index contributed by atoms with van der Waals surface area (Å²) in [6, 6.07) is 10.9. The van der Waals surface area contributed by atoms with E-state index in [1.807, 2.05) is 19.1 Å². The molecule has 1 heterocycles. The minimum Gasteiger partial charge on any atom is -0.363 e. The number of hydrogen-bond acceptors (Lipinski definition) is 3. The van der Waals surface area contributed by atoms with E-state index in [1.165, 1.54) is 6.20 Å². The molecule has 0 spiro atoms. The topological polar surface area (TPSA) is 48.7 Å². The minimum absolute atomic E-state index is 0.00907. The molecule has 0 aliphatic heterocycles. The molecule has 1 aromatic heterocycles. The van der Waals surface area contributed by atoms with Crippen LogP contribution in [0.25, 0.3) is 0 Å². The smallest absolute Gasteiger partial charge is 0.126 e. The van der Waals surface area contributed by atoms with Gasteiger partial charge in [-0.2, -0.15) is 5.26 Å². The molecule has 1 aromatic carbocycles. The summed E-state index contributed by atoms with van der Waals surface area (Å²) >= 11 is 12.0. The molecule has 96 valence electrons. The lowest BCUT2D eigenvalue weighted by molar-refractivity contribution is 0.875. The maximum Gasteiger partial charge on any atom is 0.126 e. The zero-order valence-corrected chi connectivity index (χ0v) is 11.7. The minimum atomic E-state index is -0.00907. The molecule has 1 unspecified atom stereocenters. The van der Waals surface area contributed by atoms with Crippen molar-refractivity contribution in [1.29, 1.82) is 5.26 Å². The molecular weight excluding hydrogens is 281 g/mol. The fraction of sp³-hybridized carbons (Fsp3) is 0.143. The van der Waals surface area contributed by atoms with Gasteiger partial charge in [0.25, 0.3) is 0 Å². The molecular formula is C14H11Cl2N3. The second kappa shape index (κ2) is 5.92. The van der Waals surface area contributed by atoms with Crippen LogP contribution in [0.15, 0.2) is 36.5 Å². The highest BCUT2D eigenvalue weighted by Gasteiger charge is 2.10. The van der Waals surface area contributed by atoms with Crippen LogP contribution >= 0.6 is 23.2 Å². The highest BCUT2D eigenvalue weighted by Crippen LogP contribution is 2.27. The molecule has 0 amide bonds. The van der Waals surface area contributed by atoms with Gasteiger partial charge < -0.3 is 5.32 Å². The number of halogens is 2. The zero-order chi connectivity index (χ0) is 13.8. The Morgan fingerprint density at radius 2 is 2.05 bits per heavy atom. The largest absolute Gasteiger partial charge is 0.363 e. The molecule has 1 atom stereocenters. The van der Waals surface area contributed by atoms with Crippen LogP contribution in [-0.2, 0) is 0 Å². The number of benzene rings is 1. The molecule has 19 heavy (non-hydrogen) atoms. The standard InChI is InChI=1S/C14H11Cl2N3/c1-9(12-4-3-11(15)6-13(12)16)19-14-5-2-10(7-17)8-18-14/h2-6,8-9H,1H3,(H,18,19). The summed E-state index contributed by atoms with van der Waals surface area (Å²) in [6.45, 7) is 1.98. The van der Waals surface area contributed by atoms with Gasteiger partial charge in [-0.05, 0) is 36.8 Å². The molecule has 0 aliphatic carbocycles. The third-order valence-corrected chi connectivity index (χ3v) is 3.25. The van der Waals surface area contributed by atoms with Gasteiger partial charge in [-0.25, -0.2) is 4.98 Å². The van der Waals surface area contributed by atoms with Crippen molar-refractivity contribution < 1.29 is 0 Å². The van der Waals surface area contributed by atoms with E-state index in [4.69, 9.17) is 28.5 Å². The van der Waals surface area contributed by atoms with Gasteiger partial charge in [0.2, 0.25) is 0 Å². The quantitative estimate of drug-likeness (QED) is 0.910. The summed E-state index contributed by atoms with van der Waals surface area (Å²) in [5, 5.41) is 13.2. The summed E-state index contributed by atoms with van der Waals surface area (Å²) in [5.74, 6) is 0.692. The van der Waals surface area contributed by atoms with E-state index >= 15 is 0 Å². The van der Waals surface area contributed by atoms with Crippen molar-refractivity contribution >= 4 is 29.0 Å². The van der Waals surface area contributed by atoms with E-state index in [1.54, 1.807) is 24.3 Å². The van der Waals surface area contributed by atoms with E-state index in [0.29, 0.717) is 21.4 Å². The molecule has 3 nitrogen and oxygen atoms in total. The van der Waals surface area contributed by atoms with Crippen LogP contribution in [0.3, 0.4) is 0 Å². The summed E-state index contributed by atoms with van der Waals surface area (Å²) in [4.78, 5) is 4.16. The Labute approximate surface area is 121 Å². The number of rotatable bonds is 3. The van der Waals surface area contributed by atoms with Gasteiger partial charge >= 0.3 is 0 Å². The molecule has 0 bridgehead atoms. The SMILES string of the molecule is CC(Nc1ccc(C#N)cn1)c1ccc(Cl)cc1Cl. The summed E-state index contributed by atoms with van der Waals surface area (Å²) in [7, 11) is 0. The highest BCUT2D eigenvalue weighted by molar-refractivity contribution is 6.35. The molecule has 2 aromatic rings. The third kappa shape index (κ3) is 3.37. The number of hydrogen-bond donors (Lipinski definition) is 1. The predicted octanol–water partition coefficient (Wildman–Crippen LogP) is 4.43. The monoisotopic (exact) mass is 291 g/mol. The van der Waals surface area contributed by atoms with E-state index in [0.717, 1.165) is 5.56 Å². The van der Waals surface area contributed by atoms with Gasteiger partial charge in [0.1, 0.15) is 11.9 Å². The van der Waals surface area contributed by atoms with E-state index in [-0.39, 0.29) is 6.04 Å². The first-order valence-electron chi connectivity index (χ1n) is 5.68.